The zero-order valence-electron chi connectivity index (χ0n) is 15.5. The van der Waals surface area contributed by atoms with E-state index in [4.69, 9.17) is 27.9 Å². The molecule has 1 aliphatic heterocycles. The molecular weight excluding hydrogens is 385 g/mol. The first kappa shape index (κ1) is 19.8. The van der Waals surface area contributed by atoms with Gasteiger partial charge in [0.25, 0.3) is 5.91 Å². The van der Waals surface area contributed by atoms with Crippen molar-refractivity contribution in [3.8, 4) is 5.75 Å². The van der Waals surface area contributed by atoms with Gasteiger partial charge in [-0.1, -0.05) is 30.1 Å². The van der Waals surface area contributed by atoms with Gasteiger partial charge in [0.2, 0.25) is 0 Å². The van der Waals surface area contributed by atoms with Crippen molar-refractivity contribution in [2.24, 2.45) is 0 Å². The first-order chi connectivity index (χ1) is 13.0. The van der Waals surface area contributed by atoms with Crippen LogP contribution in [0.2, 0.25) is 10.0 Å². The predicted molar refractivity (Wildman–Crippen MR) is 112 cm³/mol. The van der Waals surface area contributed by atoms with Crippen molar-refractivity contribution in [1.82, 2.24) is 4.90 Å². The highest BCUT2D eigenvalue weighted by atomic mass is 35.5. The normalized spacial score (nSPS) is 14.9. The van der Waals surface area contributed by atoms with E-state index in [1.807, 2.05) is 24.3 Å². The van der Waals surface area contributed by atoms with Crippen LogP contribution in [0, 0.1) is 0 Å². The highest BCUT2D eigenvalue weighted by molar-refractivity contribution is 6.37. The van der Waals surface area contributed by atoms with Crippen LogP contribution in [0.4, 0.5) is 11.4 Å². The maximum absolute atomic E-state index is 12.5. The average Bonchev–Trinajstić information content (AvgIpc) is 2.68. The van der Waals surface area contributed by atoms with Crippen LogP contribution < -0.4 is 15.0 Å². The van der Waals surface area contributed by atoms with Gasteiger partial charge < -0.3 is 19.9 Å². The second kappa shape index (κ2) is 8.83. The van der Waals surface area contributed by atoms with Crippen molar-refractivity contribution < 1.29 is 9.53 Å². The van der Waals surface area contributed by atoms with Gasteiger partial charge in [0, 0.05) is 43.1 Å². The third kappa shape index (κ3) is 4.67. The lowest BCUT2D eigenvalue weighted by molar-refractivity contribution is 0.102. The van der Waals surface area contributed by atoms with Crippen molar-refractivity contribution in [1.29, 1.82) is 0 Å². The minimum atomic E-state index is -0.272. The maximum Gasteiger partial charge on any atom is 0.255 e. The fourth-order valence-corrected chi connectivity index (χ4v) is 3.81. The molecule has 2 aromatic carbocycles. The van der Waals surface area contributed by atoms with Gasteiger partial charge >= 0.3 is 0 Å². The summed E-state index contributed by atoms with van der Waals surface area (Å²) in [7, 11) is 1.48. The molecule has 3 rings (SSSR count). The molecule has 0 bridgehead atoms. The number of piperazine rings is 1. The number of carbonyl (C=O) groups excluding carboxylic acids is 1. The van der Waals surface area contributed by atoms with Gasteiger partial charge in [-0.15, -0.1) is 0 Å². The van der Waals surface area contributed by atoms with E-state index < -0.39 is 0 Å². The number of methoxy groups -OCH3 is 1. The number of ether oxygens (including phenoxy) is 1. The Labute approximate surface area is 169 Å². The summed E-state index contributed by atoms with van der Waals surface area (Å²) in [5, 5.41) is 3.48. The molecule has 1 N–H and O–H groups in total. The topological polar surface area (TPSA) is 44.8 Å². The van der Waals surface area contributed by atoms with Crippen LogP contribution in [-0.4, -0.2) is 50.6 Å². The second-order valence-corrected chi connectivity index (χ2v) is 7.21. The van der Waals surface area contributed by atoms with Crippen LogP contribution in [0.3, 0.4) is 0 Å². The van der Waals surface area contributed by atoms with E-state index in [1.54, 1.807) is 12.1 Å². The summed E-state index contributed by atoms with van der Waals surface area (Å²) in [6.45, 7) is 7.47. The second-order valence-electron chi connectivity index (χ2n) is 6.40. The number of rotatable bonds is 5. The van der Waals surface area contributed by atoms with Gasteiger partial charge in [0.05, 0.1) is 17.2 Å². The molecule has 144 valence electrons. The number of halogens is 2. The van der Waals surface area contributed by atoms with E-state index in [0.717, 1.165) is 38.4 Å². The minimum Gasteiger partial charge on any atom is -0.494 e. The molecule has 2 aromatic rings. The molecule has 0 aromatic heterocycles. The predicted octanol–water partition coefficient (Wildman–Crippen LogP) is 4.40. The number of carbonyl (C=O) groups is 1. The summed E-state index contributed by atoms with van der Waals surface area (Å²) < 4.78 is 5.11. The van der Waals surface area contributed by atoms with Crippen LogP contribution in [0.5, 0.6) is 5.75 Å². The lowest BCUT2D eigenvalue weighted by atomic mass is 10.2. The van der Waals surface area contributed by atoms with Crippen molar-refractivity contribution >= 4 is 40.5 Å². The summed E-state index contributed by atoms with van der Waals surface area (Å²) >= 11 is 12.2. The summed E-state index contributed by atoms with van der Waals surface area (Å²) in [5.41, 5.74) is 2.27. The molecule has 0 saturated carbocycles. The first-order valence-electron chi connectivity index (χ1n) is 8.93. The Balaban J connectivity index is 1.65. The van der Waals surface area contributed by atoms with Gasteiger partial charge in [0.1, 0.15) is 0 Å². The van der Waals surface area contributed by atoms with Crippen LogP contribution >= 0.6 is 23.2 Å². The molecule has 5 nitrogen and oxygen atoms in total. The van der Waals surface area contributed by atoms with Gasteiger partial charge in [-0.25, -0.2) is 0 Å². The minimum absolute atomic E-state index is 0.272. The monoisotopic (exact) mass is 407 g/mol. The molecule has 1 amide bonds. The lowest BCUT2D eigenvalue weighted by Crippen LogP contribution is -2.46. The number of amides is 1. The third-order valence-electron chi connectivity index (χ3n) is 4.77. The molecule has 0 aliphatic carbocycles. The number of likely N-dealkylation sites (N-methyl/N-ethyl adjacent to an activating group) is 1. The fourth-order valence-electron chi connectivity index (χ4n) is 3.17. The average molecular weight is 408 g/mol. The Bertz CT molecular complexity index is 780. The van der Waals surface area contributed by atoms with Gasteiger partial charge in [-0.2, -0.15) is 0 Å². The molecule has 1 fully saturated rings. The quantitative estimate of drug-likeness (QED) is 0.797. The molecule has 1 saturated heterocycles. The Morgan fingerprint density at radius 1 is 1.07 bits per heavy atom. The molecular formula is C20H23Cl2N3O2. The Morgan fingerprint density at radius 2 is 1.67 bits per heavy atom. The standard InChI is InChI=1S/C20H23Cl2N3O2/c1-3-24-8-10-25(11-9-24)16-6-4-15(5-7-16)23-20(26)14-12-17(21)19(27-2)18(22)13-14/h4-7,12-13H,3,8-11H2,1-2H3,(H,23,26). The maximum atomic E-state index is 12.5. The number of anilines is 2. The Hall–Kier alpha value is -1.95. The molecule has 1 heterocycles. The Kier molecular flexibility index (Phi) is 6.47. The van der Waals surface area contributed by atoms with E-state index >= 15 is 0 Å². The van der Waals surface area contributed by atoms with E-state index in [-0.39, 0.29) is 5.91 Å². The number of nitrogens with one attached hydrogen (secondary N) is 1. The molecule has 7 heteroatoms. The van der Waals surface area contributed by atoms with Crippen molar-refractivity contribution in [2.45, 2.75) is 6.92 Å². The molecule has 0 unspecified atom stereocenters. The largest absolute Gasteiger partial charge is 0.494 e. The number of hydrogen-bond donors (Lipinski definition) is 1. The lowest BCUT2D eigenvalue weighted by Gasteiger charge is -2.35. The van der Waals surface area contributed by atoms with E-state index in [0.29, 0.717) is 21.4 Å². The van der Waals surface area contributed by atoms with Crippen LogP contribution in [0.1, 0.15) is 17.3 Å². The Morgan fingerprint density at radius 3 is 2.19 bits per heavy atom. The van der Waals surface area contributed by atoms with Crippen LogP contribution in [-0.2, 0) is 0 Å². The zero-order chi connectivity index (χ0) is 19.4. The fraction of sp³-hybridized carbons (Fsp3) is 0.350. The van der Waals surface area contributed by atoms with Crippen LogP contribution in [0.25, 0.3) is 0 Å². The molecule has 0 radical (unpaired) electrons. The summed E-state index contributed by atoms with van der Waals surface area (Å²) in [4.78, 5) is 17.3. The van der Waals surface area contributed by atoms with E-state index in [9.17, 15) is 4.79 Å². The SMILES string of the molecule is CCN1CCN(c2ccc(NC(=O)c3cc(Cl)c(OC)c(Cl)c3)cc2)CC1. The van der Waals surface area contributed by atoms with Gasteiger partial charge in [-0.3, -0.25) is 4.79 Å². The van der Waals surface area contributed by atoms with Gasteiger partial charge in [0.15, 0.2) is 5.75 Å². The number of nitrogens with zero attached hydrogens (tertiary/aromatic N) is 2. The number of benzene rings is 2. The molecule has 0 spiro atoms. The van der Waals surface area contributed by atoms with E-state index in [1.165, 1.54) is 12.8 Å². The summed E-state index contributed by atoms with van der Waals surface area (Å²) in [6, 6.07) is 11.0. The molecule has 0 atom stereocenters. The summed E-state index contributed by atoms with van der Waals surface area (Å²) in [5.74, 6) is 0.0909. The van der Waals surface area contributed by atoms with Crippen molar-refractivity contribution in [3.05, 3.63) is 52.0 Å². The highest BCUT2D eigenvalue weighted by Crippen LogP contribution is 2.34. The summed E-state index contributed by atoms with van der Waals surface area (Å²) in [6.07, 6.45) is 0. The highest BCUT2D eigenvalue weighted by Gasteiger charge is 2.16. The molecule has 27 heavy (non-hydrogen) atoms. The van der Waals surface area contributed by atoms with Crippen LogP contribution in [0.15, 0.2) is 36.4 Å². The number of hydrogen-bond acceptors (Lipinski definition) is 4. The van der Waals surface area contributed by atoms with E-state index in [2.05, 4.69) is 22.0 Å². The third-order valence-corrected chi connectivity index (χ3v) is 5.34. The first-order valence-corrected chi connectivity index (χ1v) is 9.69. The zero-order valence-corrected chi connectivity index (χ0v) is 17.0. The smallest absolute Gasteiger partial charge is 0.255 e. The van der Waals surface area contributed by atoms with Crippen molar-refractivity contribution in [3.63, 3.8) is 0 Å². The van der Waals surface area contributed by atoms with Gasteiger partial charge in [-0.05, 0) is 42.9 Å². The van der Waals surface area contributed by atoms with Crippen molar-refractivity contribution in [2.75, 3.05) is 50.1 Å². The molecule has 1 aliphatic rings.